The van der Waals surface area contributed by atoms with Crippen molar-refractivity contribution in [1.29, 1.82) is 0 Å². The predicted molar refractivity (Wildman–Crippen MR) is 115 cm³/mol. The first-order chi connectivity index (χ1) is 15.0. The summed E-state index contributed by atoms with van der Waals surface area (Å²) in [5.74, 6) is 1.00. The van der Waals surface area contributed by atoms with Crippen molar-refractivity contribution in [3.8, 4) is 5.75 Å². The Kier molecular flexibility index (Phi) is 5.04. The van der Waals surface area contributed by atoms with Gasteiger partial charge in [-0.25, -0.2) is 0 Å². The number of methoxy groups -OCH3 is 1. The number of rotatable bonds is 4. The number of benzene rings is 1. The summed E-state index contributed by atoms with van der Waals surface area (Å²) in [4.78, 5) is 41.9. The van der Waals surface area contributed by atoms with Crippen molar-refractivity contribution >= 4 is 11.8 Å². The second kappa shape index (κ2) is 7.87. The molecule has 5 rings (SSSR count). The molecule has 2 amide bonds. The van der Waals surface area contributed by atoms with Crippen LogP contribution in [-0.2, 0) is 22.7 Å². The molecule has 1 aromatic heterocycles. The number of para-hydroxylation sites is 1. The zero-order valence-corrected chi connectivity index (χ0v) is 17.7. The molecule has 0 unspecified atom stereocenters. The minimum atomic E-state index is -0.306. The molecule has 0 spiro atoms. The monoisotopic (exact) mass is 421 g/mol. The molecule has 162 valence electrons. The van der Waals surface area contributed by atoms with E-state index < -0.39 is 0 Å². The minimum absolute atomic E-state index is 0.0124. The second-order valence-electron chi connectivity index (χ2n) is 8.93. The number of ether oxygens (including phenoxy) is 1. The summed E-state index contributed by atoms with van der Waals surface area (Å²) in [5.41, 5.74) is 2.02. The molecule has 2 fully saturated rings. The topological polar surface area (TPSA) is 71.8 Å². The van der Waals surface area contributed by atoms with Crippen molar-refractivity contribution in [2.75, 3.05) is 26.7 Å². The van der Waals surface area contributed by atoms with Crippen LogP contribution in [0.4, 0.5) is 0 Å². The number of likely N-dealkylation sites (tertiary alicyclic amines) is 2. The van der Waals surface area contributed by atoms with Crippen LogP contribution in [0, 0.1) is 11.8 Å². The summed E-state index contributed by atoms with van der Waals surface area (Å²) in [6, 6.07) is 13.1. The first kappa shape index (κ1) is 19.8. The third-order valence-electron chi connectivity index (χ3n) is 6.91. The van der Waals surface area contributed by atoms with Crippen LogP contribution in [0.25, 0.3) is 0 Å². The average Bonchev–Trinajstić information content (AvgIpc) is 3.14. The molecule has 0 saturated carbocycles. The summed E-state index contributed by atoms with van der Waals surface area (Å²) in [6.45, 7) is 2.84. The zero-order chi connectivity index (χ0) is 21.5. The van der Waals surface area contributed by atoms with Gasteiger partial charge in [0.25, 0.3) is 5.56 Å². The lowest BCUT2D eigenvalue weighted by atomic mass is 9.82. The van der Waals surface area contributed by atoms with Crippen molar-refractivity contribution in [3.63, 3.8) is 0 Å². The molecule has 31 heavy (non-hydrogen) atoms. The van der Waals surface area contributed by atoms with Crippen LogP contribution in [0.15, 0.2) is 47.3 Å². The van der Waals surface area contributed by atoms with Gasteiger partial charge in [-0.2, -0.15) is 0 Å². The van der Waals surface area contributed by atoms with E-state index in [2.05, 4.69) is 0 Å². The lowest BCUT2D eigenvalue weighted by molar-refractivity contribution is -0.138. The number of fused-ring (bicyclic) bond motifs is 4. The minimum Gasteiger partial charge on any atom is -0.496 e. The van der Waals surface area contributed by atoms with Crippen molar-refractivity contribution in [2.45, 2.75) is 31.8 Å². The van der Waals surface area contributed by atoms with Crippen LogP contribution < -0.4 is 10.3 Å². The number of aromatic nitrogens is 1. The van der Waals surface area contributed by atoms with Crippen molar-refractivity contribution in [1.82, 2.24) is 14.4 Å². The number of hydrogen-bond acceptors (Lipinski definition) is 4. The normalized spacial score (nSPS) is 24.8. The summed E-state index contributed by atoms with van der Waals surface area (Å²) in [6.07, 6.45) is 1.27. The fourth-order valence-electron chi connectivity index (χ4n) is 5.46. The predicted octanol–water partition coefficient (Wildman–Crippen LogP) is 1.85. The van der Waals surface area contributed by atoms with Crippen LogP contribution in [-0.4, -0.2) is 52.9 Å². The Bertz CT molecular complexity index is 1080. The molecular formula is C24H27N3O4. The van der Waals surface area contributed by atoms with E-state index in [1.54, 1.807) is 24.1 Å². The van der Waals surface area contributed by atoms with E-state index in [1.165, 1.54) is 0 Å². The highest BCUT2D eigenvalue weighted by Crippen LogP contribution is 2.36. The van der Waals surface area contributed by atoms with Crippen molar-refractivity contribution in [2.24, 2.45) is 11.8 Å². The van der Waals surface area contributed by atoms with E-state index in [1.807, 2.05) is 39.8 Å². The van der Waals surface area contributed by atoms with Gasteiger partial charge in [0.15, 0.2) is 0 Å². The Balaban J connectivity index is 1.28. The maximum absolute atomic E-state index is 13.3. The lowest BCUT2D eigenvalue weighted by Crippen LogP contribution is -2.50. The van der Waals surface area contributed by atoms with Crippen LogP contribution in [0.5, 0.6) is 5.75 Å². The quantitative estimate of drug-likeness (QED) is 0.756. The SMILES string of the molecule is COc1ccccc1CN1C[C@@H](C(=O)N2C[C@@H]3C[C@H](C2)c2cccc(=O)n2C3)CC1=O. The smallest absolute Gasteiger partial charge is 0.250 e. The first-order valence-electron chi connectivity index (χ1n) is 10.9. The van der Waals surface area contributed by atoms with Gasteiger partial charge < -0.3 is 19.1 Å². The van der Waals surface area contributed by atoms with E-state index in [-0.39, 0.29) is 41.5 Å². The average molecular weight is 421 g/mol. The molecule has 0 aliphatic carbocycles. The number of amides is 2. The fraction of sp³-hybridized carbons (Fsp3) is 0.458. The van der Waals surface area contributed by atoms with Crippen LogP contribution in [0.2, 0.25) is 0 Å². The number of hydrogen-bond donors (Lipinski definition) is 0. The van der Waals surface area contributed by atoms with Gasteiger partial charge in [0.05, 0.1) is 13.0 Å². The Morgan fingerprint density at radius 3 is 2.71 bits per heavy atom. The highest BCUT2D eigenvalue weighted by molar-refractivity contribution is 5.89. The molecule has 2 bridgehead atoms. The molecular weight excluding hydrogens is 394 g/mol. The molecule has 7 nitrogen and oxygen atoms in total. The number of carbonyl (C=O) groups is 2. The molecule has 1 aromatic carbocycles. The largest absolute Gasteiger partial charge is 0.496 e. The maximum atomic E-state index is 13.3. The Hall–Kier alpha value is -3.09. The van der Waals surface area contributed by atoms with E-state index in [9.17, 15) is 14.4 Å². The van der Waals surface area contributed by atoms with Gasteiger partial charge in [0, 0.05) is 62.4 Å². The highest BCUT2D eigenvalue weighted by atomic mass is 16.5. The van der Waals surface area contributed by atoms with Gasteiger partial charge in [-0.05, 0) is 24.5 Å². The molecule has 7 heteroatoms. The molecule has 3 aliphatic rings. The molecule has 0 radical (unpaired) electrons. The van der Waals surface area contributed by atoms with Crippen molar-refractivity contribution in [3.05, 3.63) is 64.1 Å². The summed E-state index contributed by atoms with van der Waals surface area (Å²) >= 11 is 0. The zero-order valence-electron chi connectivity index (χ0n) is 17.7. The molecule has 0 N–H and O–H groups in total. The number of nitrogens with zero attached hydrogens (tertiary/aromatic N) is 3. The van der Waals surface area contributed by atoms with Gasteiger partial charge in [-0.3, -0.25) is 14.4 Å². The Morgan fingerprint density at radius 1 is 1.03 bits per heavy atom. The number of pyridine rings is 1. The highest BCUT2D eigenvalue weighted by Gasteiger charge is 2.41. The van der Waals surface area contributed by atoms with Gasteiger partial charge in [0.1, 0.15) is 5.75 Å². The van der Waals surface area contributed by atoms with Gasteiger partial charge in [0.2, 0.25) is 11.8 Å². The molecule has 2 aromatic rings. The molecule has 3 aliphatic heterocycles. The second-order valence-corrected chi connectivity index (χ2v) is 8.93. The molecule has 3 atom stereocenters. The van der Waals surface area contributed by atoms with Crippen molar-refractivity contribution < 1.29 is 14.3 Å². The summed E-state index contributed by atoms with van der Waals surface area (Å²) < 4.78 is 7.27. The van der Waals surface area contributed by atoms with Gasteiger partial charge in [-0.15, -0.1) is 0 Å². The van der Waals surface area contributed by atoms with Gasteiger partial charge >= 0.3 is 0 Å². The number of piperidine rings is 1. The summed E-state index contributed by atoms with van der Waals surface area (Å²) in [7, 11) is 1.62. The maximum Gasteiger partial charge on any atom is 0.250 e. The first-order valence-corrected chi connectivity index (χ1v) is 10.9. The number of carbonyl (C=O) groups excluding carboxylic acids is 2. The molecule has 4 heterocycles. The van der Waals surface area contributed by atoms with Crippen LogP contribution >= 0.6 is 0 Å². The molecule has 2 saturated heterocycles. The third-order valence-corrected chi connectivity index (χ3v) is 6.91. The Labute approximate surface area is 181 Å². The lowest BCUT2D eigenvalue weighted by Gasteiger charge is -2.43. The van der Waals surface area contributed by atoms with Crippen LogP contribution in [0.1, 0.15) is 30.0 Å². The van der Waals surface area contributed by atoms with Crippen LogP contribution in [0.3, 0.4) is 0 Å². The van der Waals surface area contributed by atoms with Gasteiger partial charge in [-0.1, -0.05) is 24.3 Å². The summed E-state index contributed by atoms with van der Waals surface area (Å²) in [5, 5.41) is 0. The van der Waals surface area contributed by atoms with E-state index >= 15 is 0 Å². The Morgan fingerprint density at radius 2 is 1.87 bits per heavy atom. The van der Waals surface area contributed by atoms with E-state index in [0.29, 0.717) is 32.7 Å². The standard InChI is InChI=1S/C24H27N3O4/c1-31-21-7-3-2-5-17(21)13-25-15-19(10-23(25)29)24(30)26-11-16-9-18(14-26)20-6-4-8-22(28)27(20)12-16/h2-8,16,18-19H,9-15H2,1H3/t16-,18+,19-/m0/s1. The van der Waals surface area contributed by atoms with E-state index in [4.69, 9.17) is 4.74 Å². The third kappa shape index (κ3) is 3.62. The van der Waals surface area contributed by atoms with E-state index in [0.717, 1.165) is 23.4 Å². The fourth-order valence-corrected chi connectivity index (χ4v) is 5.46.